The van der Waals surface area contributed by atoms with E-state index in [0.29, 0.717) is 35.5 Å². The highest BCUT2D eigenvalue weighted by atomic mass is 32.1. The molecule has 1 saturated heterocycles. The number of aryl methyl sites for hydroxylation is 1. The number of hydrogen-bond acceptors (Lipinski definition) is 6. The van der Waals surface area contributed by atoms with Crippen LogP contribution in [0.4, 0.5) is 15.8 Å². The number of rotatable bonds is 4. The lowest BCUT2D eigenvalue weighted by Gasteiger charge is -2.28. The molecule has 1 aliphatic carbocycles. The molecular formula is C26H30FN5OS. The van der Waals surface area contributed by atoms with Crippen LogP contribution in [-0.4, -0.2) is 37.1 Å². The summed E-state index contributed by atoms with van der Waals surface area (Å²) >= 11 is 1.32. The second kappa shape index (κ2) is 9.35. The Morgan fingerprint density at radius 1 is 1.32 bits per heavy atom. The van der Waals surface area contributed by atoms with Gasteiger partial charge in [-0.2, -0.15) is 0 Å². The first-order valence-electron chi connectivity index (χ1n) is 11.8. The van der Waals surface area contributed by atoms with Gasteiger partial charge in [-0.15, -0.1) is 11.3 Å². The number of hydrogen-bond donors (Lipinski definition) is 3. The zero-order valence-corrected chi connectivity index (χ0v) is 20.4. The molecule has 8 heteroatoms. The van der Waals surface area contributed by atoms with E-state index in [2.05, 4.69) is 21.8 Å². The van der Waals surface area contributed by atoms with Crippen molar-refractivity contribution < 1.29 is 9.18 Å². The van der Waals surface area contributed by atoms with E-state index in [-0.39, 0.29) is 17.8 Å². The van der Waals surface area contributed by atoms with Gasteiger partial charge < -0.3 is 21.3 Å². The topological polar surface area (TPSA) is 83.3 Å². The average molecular weight is 480 g/mol. The van der Waals surface area contributed by atoms with Crippen molar-refractivity contribution in [3.63, 3.8) is 0 Å². The fourth-order valence-corrected chi connectivity index (χ4v) is 5.98. The van der Waals surface area contributed by atoms with Gasteiger partial charge in [0.05, 0.1) is 11.4 Å². The number of piperidine rings is 1. The van der Waals surface area contributed by atoms with Gasteiger partial charge in [0.2, 0.25) is 0 Å². The largest absolute Gasteiger partial charge is 0.397 e. The number of pyridine rings is 1. The van der Waals surface area contributed by atoms with E-state index in [0.717, 1.165) is 53.0 Å². The summed E-state index contributed by atoms with van der Waals surface area (Å²) in [4.78, 5) is 20.6. The lowest BCUT2D eigenvalue weighted by Crippen LogP contribution is -2.39. The lowest BCUT2D eigenvalue weighted by molar-refractivity contribution is 0.0938. The van der Waals surface area contributed by atoms with Gasteiger partial charge in [0.15, 0.2) is 0 Å². The SMILES string of the molecule is Cc1ccc2c(N)c(C(=O)N[C@@H]3CCc4c(ccc(N(C)/C=C5\CCCNC5)c4F)C3)sc2n1. The number of nitrogen functional groups attached to an aromatic ring is 1. The minimum Gasteiger partial charge on any atom is -0.397 e. The predicted octanol–water partition coefficient (Wildman–Crippen LogP) is 4.32. The van der Waals surface area contributed by atoms with Crippen molar-refractivity contribution in [2.75, 3.05) is 30.8 Å². The highest BCUT2D eigenvalue weighted by Crippen LogP contribution is 2.34. The number of amides is 1. The van der Waals surface area contributed by atoms with Crippen LogP contribution < -0.4 is 21.3 Å². The molecule has 178 valence electrons. The fourth-order valence-electron chi connectivity index (χ4n) is 4.93. The summed E-state index contributed by atoms with van der Waals surface area (Å²) < 4.78 is 15.4. The molecule has 6 nitrogen and oxygen atoms in total. The van der Waals surface area contributed by atoms with Crippen molar-refractivity contribution in [3.8, 4) is 0 Å². The van der Waals surface area contributed by atoms with Crippen molar-refractivity contribution >= 4 is 38.8 Å². The standard InChI is InChI=1S/C26H30FN5OS/c1-15-5-8-20-23(28)24(34-26(20)30-15)25(33)31-18-7-9-19-17(12-18)6-10-21(22(19)27)32(2)14-16-4-3-11-29-13-16/h5-6,8,10,14,18,29H,3-4,7,9,11-13,28H2,1-2H3,(H,31,33)/b16-14+/t18-/m1/s1. The maximum absolute atomic E-state index is 15.4. The Balaban J connectivity index is 1.30. The number of aromatic nitrogens is 1. The molecule has 1 aliphatic heterocycles. The van der Waals surface area contributed by atoms with Crippen LogP contribution in [0.15, 0.2) is 36.0 Å². The number of anilines is 2. The molecule has 1 aromatic carbocycles. The highest BCUT2D eigenvalue weighted by Gasteiger charge is 2.26. The van der Waals surface area contributed by atoms with Gasteiger partial charge in [-0.25, -0.2) is 9.37 Å². The summed E-state index contributed by atoms with van der Waals surface area (Å²) in [6, 6.07) is 7.60. The van der Waals surface area contributed by atoms with Crippen molar-refractivity contribution in [2.24, 2.45) is 0 Å². The molecule has 3 aromatic rings. The lowest BCUT2D eigenvalue weighted by atomic mass is 9.87. The first-order valence-corrected chi connectivity index (χ1v) is 12.6. The first kappa shape index (κ1) is 22.8. The van der Waals surface area contributed by atoms with Crippen LogP contribution >= 0.6 is 11.3 Å². The molecule has 1 fully saturated rings. The van der Waals surface area contributed by atoms with E-state index in [9.17, 15) is 4.79 Å². The Morgan fingerprint density at radius 2 is 2.18 bits per heavy atom. The van der Waals surface area contributed by atoms with Gasteiger partial charge in [-0.1, -0.05) is 6.07 Å². The molecule has 0 spiro atoms. The molecule has 0 radical (unpaired) electrons. The predicted molar refractivity (Wildman–Crippen MR) is 137 cm³/mol. The minimum atomic E-state index is -0.184. The number of fused-ring (bicyclic) bond motifs is 2. The second-order valence-electron chi connectivity index (χ2n) is 9.28. The van der Waals surface area contributed by atoms with Crippen LogP contribution in [0.1, 0.15) is 45.8 Å². The molecule has 1 atom stereocenters. The third kappa shape index (κ3) is 4.40. The number of thiophene rings is 1. The van der Waals surface area contributed by atoms with E-state index in [1.165, 1.54) is 16.9 Å². The van der Waals surface area contributed by atoms with E-state index < -0.39 is 0 Å². The van der Waals surface area contributed by atoms with Crippen molar-refractivity contribution in [1.29, 1.82) is 0 Å². The average Bonchev–Trinajstić information content (AvgIpc) is 3.15. The first-order chi connectivity index (χ1) is 16.4. The van der Waals surface area contributed by atoms with Crippen molar-refractivity contribution in [1.82, 2.24) is 15.6 Å². The zero-order valence-electron chi connectivity index (χ0n) is 19.6. The molecule has 0 unspecified atom stereocenters. The number of halogens is 1. The van der Waals surface area contributed by atoms with E-state index in [1.807, 2.05) is 43.1 Å². The Kier molecular flexibility index (Phi) is 6.27. The van der Waals surface area contributed by atoms with E-state index >= 15 is 4.39 Å². The third-order valence-corrected chi connectivity index (χ3v) is 7.88. The Bertz CT molecular complexity index is 1280. The Morgan fingerprint density at radius 3 is 2.97 bits per heavy atom. The van der Waals surface area contributed by atoms with Gasteiger partial charge in [0.1, 0.15) is 15.5 Å². The summed E-state index contributed by atoms with van der Waals surface area (Å²) in [6.07, 6.45) is 6.10. The molecule has 4 N–H and O–H groups in total. The van der Waals surface area contributed by atoms with E-state index in [1.54, 1.807) is 0 Å². The van der Waals surface area contributed by atoms with Crippen LogP contribution in [0.25, 0.3) is 10.2 Å². The van der Waals surface area contributed by atoms with Crippen molar-refractivity contribution in [2.45, 2.75) is 45.1 Å². The molecule has 34 heavy (non-hydrogen) atoms. The molecular weight excluding hydrogens is 449 g/mol. The Labute approximate surface area is 203 Å². The van der Waals surface area contributed by atoms with Crippen molar-refractivity contribution in [3.05, 3.63) is 63.6 Å². The van der Waals surface area contributed by atoms with E-state index in [4.69, 9.17) is 5.73 Å². The number of nitrogens with two attached hydrogens (primary N) is 1. The summed E-state index contributed by atoms with van der Waals surface area (Å²) in [6.45, 7) is 3.82. The number of carbonyl (C=O) groups excluding carboxylic acids is 1. The molecule has 0 bridgehead atoms. The van der Waals surface area contributed by atoms with Crippen LogP contribution in [-0.2, 0) is 12.8 Å². The van der Waals surface area contributed by atoms with Crippen LogP contribution in [0.2, 0.25) is 0 Å². The molecule has 0 saturated carbocycles. The summed E-state index contributed by atoms with van der Waals surface area (Å²) in [5, 5.41) is 7.30. The molecule has 2 aliphatic rings. The van der Waals surface area contributed by atoms with Gasteiger partial charge >= 0.3 is 0 Å². The zero-order chi connectivity index (χ0) is 23.8. The Hall–Kier alpha value is -2.97. The molecule has 2 aromatic heterocycles. The van der Waals surface area contributed by atoms with Gasteiger partial charge in [-0.3, -0.25) is 4.79 Å². The molecule has 1 amide bonds. The summed E-state index contributed by atoms with van der Waals surface area (Å²) in [7, 11) is 1.91. The highest BCUT2D eigenvalue weighted by molar-refractivity contribution is 7.21. The maximum atomic E-state index is 15.4. The molecule has 5 rings (SSSR count). The monoisotopic (exact) mass is 479 g/mol. The smallest absolute Gasteiger partial charge is 0.263 e. The number of nitrogens with one attached hydrogen (secondary N) is 2. The van der Waals surface area contributed by atoms with Gasteiger partial charge in [-0.05, 0) is 80.5 Å². The van der Waals surface area contributed by atoms with Crippen LogP contribution in [0.3, 0.4) is 0 Å². The minimum absolute atomic E-state index is 0.0577. The van der Waals surface area contributed by atoms with Gasteiger partial charge in [0.25, 0.3) is 5.91 Å². The van der Waals surface area contributed by atoms with Crippen LogP contribution in [0, 0.1) is 12.7 Å². The molecule has 3 heterocycles. The maximum Gasteiger partial charge on any atom is 0.263 e. The summed E-state index contributed by atoms with van der Waals surface area (Å²) in [5.41, 5.74) is 11.2. The van der Waals surface area contributed by atoms with Crippen LogP contribution in [0.5, 0.6) is 0 Å². The number of carbonyl (C=O) groups is 1. The number of benzene rings is 1. The normalized spacial score (nSPS) is 19.3. The van der Waals surface area contributed by atoms with Gasteiger partial charge in [0, 0.05) is 36.9 Å². The fraction of sp³-hybridized carbons (Fsp3) is 0.385. The quantitative estimate of drug-likeness (QED) is 0.519. The summed E-state index contributed by atoms with van der Waals surface area (Å²) in [5.74, 6) is -0.336. The third-order valence-electron chi connectivity index (χ3n) is 6.76. The number of nitrogens with zero attached hydrogens (tertiary/aromatic N) is 2. The second-order valence-corrected chi connectivity index (χ2v) is 10.3.